The average Bonchev–Trinajstić information content (AvgIpc) is 3.69. The van der Waals surface area contributed by atoms with Crippen LogP contribution in [0.4, 0.5) is 18.0 Å². The highest BCUT2D eigenvalue weighted by atomic mass is 79.9. The third-order valence-electron chi connectivity index (χ3n) is 9.29. The van der Waals surface area contributed by atoms with E-state index in [9.17, 15) is 32.8 Å². The number of carbonyl (C=O) groups is 2. The molecule has 0 spiro atoms. The highest BCUT2D eigenvalue weighted by Crippen LogP contribution is 2.32. The van der Waals surface area contributed by atoms with E-state index in [-0.39, 0.29) is 45.7 Å². The van der Waals surface area contributed by atoms with Gasteiger partial charge in [0.2, 0.25) is 5.91 Å². The largest absolute Gasteiger partial charge is 1.00 e. The number of likely N-dealkylation sites (N-methyl/N-ethyl adjacent to an activating group) is 1. The highest BCUT2D eigenvalue weighted by Gasteiger charge is 2.35. The molecule has 1 N–H and O–H groups in total. The number of rotatable bonds is 7. The summed E-state index contributed by atoms with van der Waals surface area (Å²) in [5.74, 6) is -0.319. The number of nitriles is 1. The van der Waals surface area contributed by atoms with Gasteiger partial charge < -0.3 is 31.7 Å². The minimum Gasteiger partial charge on any atom is -1.00 e. The van der Waals surface area contributed by atoms with Gasteiger partial charge in [0.15, 0.2) is 0 Å². The smallest absolute Gasteiger partial charge is 0.416 e. The van der Waals surface area contributed by atoms with Crippen molar-refractivity contribution in [2.24, 2.45) is 0 Å². The number of quaternary nitrogens is 1. The summed E-state index contributed by atoms with van der Waals surface area (Å²) in [4.78, 5) is 43.5. The molecule has 2 aromatic heterocycles. The zero-order valence-electron chi connectivity index (χ0n) is 28.6. The number of hydrogen-bond acceptors (Lipinski definition) is 5. The van der Waals surface area contributed by atoms with Crippen molar-refractivity contribution in [2.75, 3.05) is 33.2 Å². The van der Waals surface area contributed by atoms with Crippen LogP contribution in [0.25, 0.3) is 22.8 Å². The van der Waals surface area contributed by atoms with Gasteiger partial charge in [-0.25, -0.2) is 18.8 Å². The monoisotopic (exact) mass is 776 g/mol. The fourth-order valence-corrected chi connectivity index (χ4v) is 6.52. The van der Waals surface area contributed by atoms with E-state index in [1.54, 1.807) is 35.2 Å². The summed E-state index contributed by atoms with van der Waals surface area (Å²) in [5.41, 5.74) is 0.617. The molecule has 1 atom stereocenters. The fraction of sp³-hybridized carbons (Fsp3) is 0.270. The van der Waals surface area contributed by atoms with Crippen molar-refractivity contribution in [2.45, 2.75) is 32.6 Å². The molecule has 15 heteroatoms. The number of imidazole rings is 1. The molecule has 270 valence electrons. The van der Waals surface area contributed by atoms with Crippen LogP contribution >= 0.6 is 0 Å². The van der Waals surface area contributed by atoms with Crippen molar-refractivity contribution >= 4 is 11.9 Å². The first kappa shape index (κ1) is 37.8. The Labute approximate surface area is 308 Å². The molecule has 0 aliphatic carbocycles. The van der Waals surface area contributed by atoms with E-state index in [0.29, 0.717) is 37.4 Å². The number of halogens is 4. The van der Waals surface area contributed by atoms with Gasteiger partial charge in [-0.3, -0.25) is 9.36 Å². The zero-order chi connectivity index (χ0) is 36.5. The molecule has 0 saturated carbocycles. The number of nitrogens with one attached hydrogen (secondary N) is 1. The SMILES string of the molecule is Cc1c(-c2ccnn2-c2ccc(C#N)cc2)n(C(=O)N[C@@H](C)C(=O)N2CC[N+](C)(Cc3ccccc3)CC2)c(=O)n1-c1cccc(C(F)(F)F)c1.[Br-]. The summed E-state index contributed by atoms with van der Waals surface area (Å²) in [5, 5.41) is 16.3. The van der Waals surface area contributed by atoms with Gasteiger partial charge in [-0.15, -0.1) is 0 Å². The molecule has 0 radical (unpaired) electrons. The maximum Gasteiger partial charge on any atom is 0.416 e. The summed E-state index contributed by atoms with van der Waals surface area (Å²) in [6, 6.07) is 22.5. The summed E-state index contributed by atoms with van der Waals surface area (Å²) in [6.07, 6.45) is -3.22. The quantitative estimate of drug-likeness (QED) is 0.255. The van der Waals surface area contributed by atoms with Crippen LogP contribution in [-0.4, -0.2) is 79.5 Å². The van der Waals surface area contributed by atoms with Gasteiger partial charge in [0.05, 0.1) is 79.4 Å². The molecule has 5 aromatic rings. The van der Waals surface area contributed by atoms with Crippen LogP contribution in [0.15, 0.2) is 95.9 Å². The molecule has 6 rings (SSSR count). The molecule has 3 aromatic carbocycles. The Morgan fingerprint density at radius 2 is 1.65 bits per heavy atom. The Kier molecular flexibility index (Phi) is 10.9. The maximum atomic E-state index is 14.1. The van der Waals surface area contributed by atoms with E-state index in [0.717, 1.165) is 32.3 Å². The fourth-order valence-electron chi connectivity index (χ4n) is 6.52. The minimum atomic E-state index is -4.67. The van der Waals surface area contributed by atoms with Crippen LogP contribution in [-0.2, 0) is 17.5 Å². The second kappa shape index (κ2) is 15.0. The van der Waals surface area contributed by atoms with Crippen molar-refractivity contribution in [3.8, 4) is 28.8 Å². The zero-order valence-corrected chi connectivity index (χ0v) is 30.2. The molecule has 52 heavy (non-hydrogen) atoms. The van der Waals surface area contributed by atoms with E-state index >= 15 is 0 Å². The predicted octanol–water partition coefficient (Wildman–Crippen LogP) is 2.13. The van der Waals surface area contributed by atoms with Crippen molar-refractivity contribution < 1.29 is 44.2 Å². The van der Waals surface area contributed by atoms with Crippen molar-refractivity contribution in [3.05, 3.63) is 124 Å². The summed E-state index contributed by atoms with van der Waals surface area (Å²) < 4.78 is 45.2. The molecule has 1 saturated heterocycles. The Morgan fingerprint density at radius 1 is 0.981 bits per heavy atom. The van der Waals surface area contributed by atoms with Crippen molar-refractivity contribution in [1.29, 1.82) is 5.26 Å². The van der Waals surface area contributed by atoms with Crippen LogP contribution in [0.2, 0.25) is 0 Å². The number of nitrogens with zero attached hydrogens (tertiary/aromatic N) is 7. The van der Waals surface area contributed by atoms with E-state index < -0.39 is 29.5 Å². The summed E-state index contributed by atoms with van der Waals surface area (Å²) in [6.45, 7) is 6.25. The second-order valence-corrected chi connectivity index (χ2v) is 12.9. The number of alkyl halides is 3. The molecule has 1 fully saturated rings. The Bertz CT molecular complexity index is 2180. The third-order valence-corrected chi connectivity index (χ3v) is 9.29. The number of piperazine rings is 1. The van der Waals surface area contributed by atoms with E-state index in [4.69, 9.17) is 0 Å². The number of carbonyl (C=O) groups excluding carboxylic acids is 2. The Hall–Kier alpha value is -5.46. The van der Waals surface area contributed by atoms with Crippen molar-refractivity contribution in [3.63, 3.8) is 0 Å². The van der Waals surface area contributed by atoms with Gasteiger partial charge in [0.25, 0.3) is 0 Å². The van der Waals surface area contributed by atoms with Gasteiger partial charge in [-0.2, -0.15) is 23.5 Å². The lowest BCUT2D eigenvalue weighted by Crippen LogP contribution is -3.00. The minimum absolute atomic E-state index is 0. The molecule has 1 aliphatic rings. The summed E-state index contributed by atoms with van der Waals surface area (Å²) >= 11 is 0. The standard InChI is InChI=1S/C37H35F3N8O3.BrH/c1-25(34(49)44-18-20-48(3,21-19-44)24-28-8-5-4-6-9-28)43-35(50)46-33(32-16-17-42-47(32)30-14-12-27(23-41)13-15-30)26(2)45(36(46)51)31-11-7-10-29(22-31)37(38,39)40;/h4-17,22,25H,18-21,24H2,1-3H3;1H/t25-;/m0./s1. The van der Waals surface area contributed by atoms with Gasteiger partial charge >= 0.3 is 17.9 Å². The molecule has 0 unspecified atom stereocenters. The van der Waals surface area contributed by atoms with Crippen LogP contribution in [0.1, 0.15) is 29.3 Å². The molecule has 1 aliphatic heterocycles. The lowest BCUT2D eigenvalue weighted by atomic mass is 10.1. The van der Waals surface area contributed by atoms with Crippen LogP contribution in [0.3, 0.4) is 0 Å². The van der Waals surface area contributed by atoms with E-state index in [1.165, 1.54) is 42.4 Å². The molecule has 2 amide bonds. The molecular formula is C37H36BrF3N8O3. The van der Waals surface area contributed by atoms with Crippen LogP contribution in [0, 0.1) is 18.3 Å². The number of benzene rings is 3. The Morgan fingerprint density at radius 3 is 2.29 bits per heavy atom. The van der Waals surface area contributed by atoms with Gasteiger partial charge in [0, 0.05) is 5.56 Å². The van der Waals surface area contributed by atoms with Crippen molar-refractivity contribution in [1.82, 2.24) is 29.1 Å². The van der Waals surface area contributed by atoms with Gasteiger partial charge in [-0.1, -0.05) is 36.4 Å². The first-order chi connectivity index (χ1) is 24.3. The van der Waals surface area contributed by atoms with Crippen LogP contribution in [0.5, 0.6) is 0 Å². The topological polar surface area (TPSA) is 118 Å². The first-order valence-electron chi connectivity index (χ1n) is 16.3. The van der Waals surface area contributed by atoms with Crippen LogP contribution < -0.4 is 28.0 Å². The van der Waals surface area contributed by atoms with E-state index in [1.807, 2.05) is 24.3 Å². The third kappa shape index (κ3) is 7.58. The second-order valence-electron chi connectivity index (χ2n) is 12.9. The van der Waals surface area contributed by atoms with E-state index in [2.05, 4.69) is 29.6 Å². The molecule has 11 nitrogen and oxygen atoms in total. The lowest BCUT2D eigenvalue weighted by Gasteiger charge is -2.42. The predicted molar refractivity (Wildman–Crippen MR) is 183 cm³/mol. The van der Waals surface area contributed by atoms with Gasteiger partial charge in [-0.05, 0) is 62.4 Å². The molecular weight excluding hydrogens is 741 g/mol. The number of aromatic nitrogens is 4. The molecule has 0 bridgehead atoms. The highest BCUT2D eigenvalue weighted by molar-refractivity contribution is 5.89. The van der Waals surface area contributed by atoms with Gasteiger partial charge in [0.1, 0.15) is 18.3 Å². The maximum absolute atomic E-state index is 14.1. The normalized spacial score (nSPS) is 14.6. The average molecular weight is 778 g/mol. The summed E-state index contributed by atoms with van der Waals surface area (Å²) in [7, 11) is 2.15. The number of hydrogen-bond donors (Lipinski definition) is 1. The molecule has 3 heterocycles. The first-order valence-corrected chi connectivity index (χ1v) is 16.3. The lowest BCUT2D eigenvalue weighted by molar-refractivity contribution is -0.926. The number of amides is 2. The Balaban J connectivity index is 0.00000523.